The zero-order chi connectivity index (χ0) is 12.3. The highest BCUT2D eigenvalue weighted by Gasteiger charge is 2.13. The number of thiocarbonyl (C=S) groups is 1. The van der Waals surface area contributed by atoms with Gasteiger partial charge in [-0.25, -0.2) is 4.79 Å². The van der Waals surface area contributed by atoms with Gasteiger partial charge in [-0.3, -0.25) is 4.98 Å². The van der Waals surface area contributed by atoms with Gasteiger partial charge in [0.25, 0.3) is 0 Å². The van der Waals surface area contributed by atoms with Gasteiger partial charge in [0.1, 0.15) is 0 Å². The molecule has 17 heavy (non-hydrogen) atoms. The van der Waals surface area contributed by atoms with Crippen molar-refractivity contribution in [1.29, 1.82) is 0 Å². The number of hydrogen-bond donors (Lipinski definition) is 1. The summed E-state index contributed by atoms with van der Waals surface area (Å²) < 4.78 is 0. The predicted molar refractivity (Wildman–Crippen MR) is 69.3 cm³/mol. The van der Waals surface area contributed by atoms with Crippen molar-refractivity contribution in [3.63, 3.8) is 0 Å². The minimum atomic E-state index is -0.953. The summed E-state index contributed by atoms with van der Waals surface area (Å²) in [5, 5.41) is 9.05. The third-order valence-corrected chi connectivity index (χ3v) is 3.05. The van der Waals surface area contributed by atoms with E-state index in [0.29, 0.717) is 6.42 Å². The van der Waals surface area contributed by atoms with Crippen molar-refractivity contribution in [2.75, 3.05) is 0 Å². The van der Waals surface area contributed by atoms with Gasteiger partial charge in [0.05, 0.1) is 5.56 Å². The van der Waals surface area contributed by atoms with Crippen molar-refractivity contribution in [3.8, 4) is 0 Å². The summed E-state index contributed by atoms with van der Waals surface area (Å²) in [4.78, 5) is 15.7. The standard InChI is InChI=1S/C13H11NO2S/c15-13(16)11-8-14-6-5-9(11)7-10-3-1-2-4-12(10)17/h1-3,5-6,8H,4,7H2,(H,15,16). The van der Waals surface area contributed by atoms with E-state index in [2.05, 4.69) is 4.98 Å². The number of carbonyl (C=O) groups is 1. The van der Waals surface area contributed by atoms with Crippen molar-refractivity contribution in [2.45, 2.75) is 12.8 Å². The van der Waals surface area contributed by atoms with E-state index in [1.165, 1.54) is 6.20 Å². The zero-order valence-corrected chi connectivity index (χ0v) is 9.91. The minimum absolute atomic E-state index is 0.241. The molecule has 1 aliphatic rings. The first kappa shape index (κ1) is 11.7. The van der Waals surface area contributed by atoms with Gasteiger partial charge in [0.15, 0.2) is 0 Å². The van der Waals surface area contributed by atoms with Crippen LogP contribution in [0.4, 0.5) is 0 Å². The lowest BCUT2D eigenvalue weighted by molar-refractivity contribution is 0.0695. The SMILES string of the molecule is O=C(O)c1cnccc1CC1=CC=CCC1=S. The molecular formula is C13H11NO2S. The van der Waals surface area contributed by atoms with Crippen LogP contribution < -0.4 is 0 Å². The first-order valence-corrected chi connectivity index (χ1v) is 5.64. The van der Waals surface area contributed by atoms with Crippen LogP contribution in [0, 0.1) is 0 Å². The molecule has 0 bridgehead atoms. The molecule has 0 spiro atoms. The van der Waals surface area contributed by atoms with Crippen LogP contribution in [-0.4, -0.2) is 20.9 Å². The molecule has 1 aromatic heterocycles. The Balaban J connectivity index is 2.30. The lowest BCUT2D eigenvalue weighted by Crippen LogP contribution is -2.09. The normalized spacial score (nSPS) is 14.6. The fraction of sp³-hybridized carbons (Fsp3) is 0.154. The maximum atomic E-state index is 11.0. The van der Waals surface area contributed by atoms with Gasteiger partial charge in [-0.2, -0.15) is 0 Å². The number of rotatable bonds is 3. The van der Waals surface area contributed by atoms with Crippen LogP contribution >= 0.6 is 12.2 Å². The van der Waals surface area contributed by atoms with Crippen molar-refractivity contribution in [1.82, 2.24) is 4.98 Å². The summed E-state index contributed by atoms with van der Waals surface area (Å²) in [6.07, 6.45) is 10.2. The third-order valence-electron chi connectivity index (χ3n) is 2.62. The summed E-state index contributed by atoms with van der Waals surface area (Å²) in [5.74, 6) is -0.953. The van der Waals surface area contributed by atoms with Gasteiger partial charge in [0, 0.05) is 23.7 Å². The van der Waals surface area contributed by atoms with Crippen molar-refractivity contribution >= 4 is 23.1 Å². The molecule has 4 heteroatoms. The van der Waals surface area contributed by atoms with E-state index < -0.39 is 5.97 Å². The molecule has 0 amide bonds. The number of aromatic carboxylic acids is 1. The van der Waals surface area contributed by atoms with E-state index in [1.54, 1.807) is 12.3 Å². The van der Waals surface area contributed by atoms with Crippen LogP contribution in [0.1, 0.15) is 22.3 Å². The lowest BCUT2D eigenvalue weighted by atomic mass is 9.95. The monoisotopic (exact) mass is 245 g/mol. The summed E-state index contributed by atoms with van der Waals surface area (Å²) in [6, 6.07) is 1.73. The maximum Gasteiger partial charge on any atom is 0.337 e. The molecule has 0 aromatic carbocycles. The van der Waals surface area contributed by atoms with Crippen LogP contribution in [0.2, 0.25) is 0 Å². The topological polar surface area (TPSA) is 50.2 Å². The quantitative estimate of drug-likeness (QED) is 0.831. The van der Waals surface area contributed by atoms with Crippen LogP contribution in [0.5, 0.6) is 0 Å². The van der Waals surface area contributed by atoms with Gasteiger partial charge >= 0.3 is 5.97 Å². The second-order valence-electron chi connectivity index (χ2n) is 3.76. The van der Waals surface area contributed by atoms with Crippen molar-refractivity contribution in [2.24, 2.45) is 0 Å². The zero-order valence-electron chi connectivity index (χ0n) is 9.09. The van der Waals surface area contributed by atoms with Crippen LogP contribution in [0.3, 0.4) is 0 Å². The van der Waals surface area contributed by atoms with Gasteiger partial charge < -0.3 is 5.11 Å². The molecule has 1 heterocycles. The first-order chi connectivity index (χ1) is 8.18. The number of carboxylic acids is 1. The highest BCUT2D eigenvalue weighted by Crippen LogP contribution is 2.18. The van der Waals surface area contributed by atoms with E-state index in [9.17, 15) is 4.79 Å². The molecule has 0 atom stereocenters. The largest absolute Gasteiger partial charge is 0.478 e. The molecule has 0 radical (unpaired) electrons. The van der Waals surface area contributed by atoms with E-state index in [-0.39, 0.29) is 5.56 Å². The van der Waals surface area contributed by atoms with E-state index >= 15 is 0 Å². The Bertz CT molecular complexity index is 532. The highest BCUT2D eigenvalue weighted by molar-refractivity contribution is 7.80. The fourth-order valence-corrected chi connectivity index (χ4v) is 1.95. The Morgan fingerprint density at radius 1 is 1.53 bits per heavy atom. The summed E-state index contributed by atoms with van der Waals surface area (Å²) in [5.41, 5.74) is 2.00. The van der Waals surface area contributed by atoms with E-state index in [1.807, 2.05) is 18.2 Å². The van der Waals surface area contributed by atoms with Gasteiger partial charge in [-0.05, 0) is 23.6 Å². The molecular weight excluding hydrogens is 234 g/mol. The average Bonchev–Trinajstić information content (AvgIpc) is 2.32. The molecule has 3 nitrogen and oxygen atoms in total. The Hall–Kier alpha value is -1.81. The Labute approximate surface area is 105 Å². The van der Waals surface area contributed by atoms with E-state index in [0.717, 1.165) is 22.4 Å². The highest BCUT2D eigenvalue weighted by atomic mass is 32.1. The van der Waals surface area contributed by atoms with E-state index in [4.69, 9.17) is 17.3 Å². The molecule has 1 aromatic rings. The van der Waals surface area contributed by atoms with Crippen LogP contribution in [0.15, 0.2) is 42.3 Å². The molecule has 1 N–H and O–H groups in total. The second-order valence-corrected chi connectivity index (χ2v) is 4.25. The molecule has 0 aliphatic heterocycles. The summed E-state index contributed by atoms with van der Waals surface area (Å²) >= 11 is 5.25. The molecule has 0 fully saturated rings. The predicted octanol–water partition coefficient (Wildman–Crippen LogP) is 2.58. The number of allylic oxidation sites excluding steroid dienone is 4. The maximum absolute atomic E-state index is 11.0. The minimum Gasteiger partial charge on any atom is -0.478 e. The summed E-state index contributed by atoms with van der Waals surface area (Å²) in [7, 11) is 0. The van der Waals surface area contributed by atoms with Crippen molar-refractivity contribution < 1.29 is 9.90 Å². The van der Waals surface area contributed by atoms with Gasteiger partial charge in [-0.15, -0.1) is 0 Å². The third kappa shape index (κ3) is 2.65. The number of pyridine rings is 1. The molecule has 0 unspecified atom stereocenters. The number of hydrogen-bond acceptors (Lipinski definition) is 3. The molecule has 1 aliphatic carbocycles. The summed E-state index contributed by atoms with van der Waals surface area (Å²) in [6.45, 7) is 0. The molecule has 86 valence electrons. The Kier molecular flexibility index (Phi) is 3.44. The Morgan fingerprint density at radius 3 is 3.06 bits per heavy atom. The lowest BCUT2D eigenvalue weighted by Gasteiger charge is -2.11. The molecule has 0 saturated heterocycles. The number of nitrogens with zero attached hydrogens (tertiary/aromatic N) is 1. The van der Waals surface area contributed by atoms with Crippen LogP contribution in [0.25, 0.3) is 0 Å². The average molecular weight is 245 g/mol. The first-order valence-electron chi connectivity index (χ1n) is 5.23. The number of aromatic nitrogens is 1. The molecule has 2 rings (SSSR count). The second kappa shape index (κ2) is 5.01. The van der Waals surface area contributed by atoms with Crippen molar-refractivity contribution in [3.05, 3.63) is 53.4 Å². The number of carboxylic acid groups (broad SMARTS) is 1. The van der Waals surface area contributed by atoms with Gasteiger partial charge in [-0.1, -0.05) is 30.4 Å². The van der Waals surface area contributed by atoms with Gasteiger partial charge in [0.2, 0.25) is 0 Å². The van der Waals surface area contributed by atoms with Crippen LogP contribution in [-0.2, 0) is 6.42 Å². The Morgan fingerprint density at radius 2 is 2.35 bits per heavy atom. The smallest absolute Gasteiger partial charge is 0.337 e. The fourth-order valence-electron chi connectivity index (χ4n) is 1.72. The molecule has 0 saturated carbocycles.